The lowest BCUT2D eigenvalue weighted by Crippen LogP contribution is -2.14. The smallest absolute Gasteiger partial charge is 0.275 e. The van der Waals surface area contributed by atoms with E-state index in [1.54, 1.807) is 13.2 Å². The molecule has 1 aromatic heterocycles. The number of benzene rings is 1. The van der Waals surface area contributed by atoms with Crippen LogP contribution in [0, 0.1) is 0 Å². The summed E-state index contributed by atoms with van der Waals surface area (Å²) in [5, 5.41) is 9.04. The summed E-state index contributed by atoms with van der Waals surface area (Å²) in [6.07, 6.45) is 1.40. The Morgan fingerprint density at radius 2 is 2.29 bits per heavy atom. The van der Waals surface area contributed by atoms with Crippen LogP contribution in [0.25, 0.3) is 0 Å². The molecule has 0 atom stereocenters. The van der Waals surface area contributed by atoms with Crippen molar-refractivity contribution in [2.75, 3.05) is 31.4 Å². The normalized spacial score (nSPS) is 10.5. The van der Waals surface area contributed by atoms with Crippen molar-refractivity contribution in [1.82, 2.24) is 10.2 Å². The second-order valence-corrected chi connectivity index (χ2v) is 4.40. The van der Waals surface area contributed by atoms with Gasteiger partial charge in [0.2, 0.25) is 0 Å². The Balaban J connectivity index is 1.94. The molecule has 0 fully saturated rings. The highest BCUT2D eigenvalue weighted by Gasteiger charge is 2.11. The van der Waals surface area contributed by atoms with Gasteiger partial charge in [-0.1, -0.05) is 12.1 Å². The van der Waals surface area contributed by atoms with E-state index in [9.17, 15) is 4.79 Å². The number of amides is 1. The molecule has 1 heterocycles. The second-order valence-electron chi connectivity index (χ2n) is 4.40. The van der Waals surface area contributed by atoms with Gasteiger partial charge in [0.05, 0.1) is 31.7 Å². The second kappa shape index (κ2) is 7.41. The minimum Gasteiger partial charge on any atom is -0.396 e. The Kier molecular flexibility index (Phi) is 5.30. The predicted molar refractivity (Wildman–Crippen MR) is 78.9 cm³/mol. The van der Waals surface area contributed by atoms with Crippen molar-refractivity contribution in [3.8, 4) is 0 Å². The maximum Gasteiger partial charge on any atom is 0.275 e. The van der Waals surface area contributed by atoms with Crippen LogP contribution >= 0.6 is 0 Å². The van der Waals surface area contributed by atoms with Crippen LogP contribution in [0.1, 0.15) is 16.1 Å². The van der Waals surface area contributed by atoms with Crippen LogP contribution in [-0.4, -0.2) is 36.4 Å². The number of carbonyl (C=O) groups excluding carboxylic acids is 1. The van der Waals surface area contributed by atoms with Gasteiger partial charge in [0.15, 0.2) is 0 Å². The largest absolute Gasteiger partial charge is 0.396 e. The maximum absolute atomic E-state index is 12.0. The van der Waals surface area contributed by atoms with Crippen LogP contribution in [0.4, 0.5) is 11.4 Å². The van der Waals surface area contributed by atoms with Gasteiger partial charge in [-0.25, -0.2) is 0 Å². The number of nitrogens with two attached hydrogens (primary N) is 1. The summed E-state index contributed by atoms with van der Waals surface area (Å²) < 4.78 is 10.3. The first-order chi connectivity index (χ1) is 10.2. The molecule has 7 nitrogen and oxygen atoms in total. The van der Waals surface area contributed by atoms with E-state index in [4.69, 9.17) is 15.2 Å². The van der Waals surface area contributed by atoms with Crippen LogP contribution in [0.3, 0.4) is 0 Å². The molecular weight excluding hydrogens is 272 g/mol. The molecular formula is C14H18N4O3. The Morgan fingerprint density at radius 3 is 3.00 bits per heavy atom. The first kappa shape index (κ1) is 15.0. The van der Waals surface area contributed by atoms with Crippen molar-refractivity contribution in [3.63, 3.8) is 0 Å². The molecule has 0 bridgehead atoms. The molecule has 4 N–H and O–H groups in total. The Morgan fingerprint density at radius 1 is 1.43 bits per heavy atom. The quantitative estimate of drug-likeness (QED) is 0.669. The molecule has 0 radical (unpaired) electrons. The molecule has 1 amide bonds. The highest BCUT2D eigenvalue weighted by molar-refractivity contribution is 6.06. The molecule has 0 aliphatic rings. The fraction of sp³-hybridized carbons (Fsp3) is 0.286. The SMILES string of the molecule is COCCOCc1cccc(NC(=O)c2[nH]ncc2N)c1. The minimum atomic E-state index is -0.331. The topological polar surface area (TPSA) is 102 Å². The van der Waals surface area contributed by atoms with Crippen LogP contribution < -0.4 is 11.1 Å². The van der Waals surface area contributed by atoms with E-state index in [0.717, 1.165) is 5.56 Å². The van der Waals surface area contributed by atoms with E-state index in [1.807, 2.05) is 18.2 Å². The lowest BCUT2D eigenvalue weighted by Gasteiger charge is -2.08. The van der Waals surface area contributed by atoms with E-state index in [1.165, 1.54) is 6.20 Å². The summed E-state index contributed by atoms with van der Waals surface area (Å²) in [5.41, 5.74) is 7.82. The Hall–Kier alpha value is -2.38. The molecule has 0 unspecified atom stereocenters. The molecule has 0 saturated carbocycles. The minimum absolute atomic E-state index is 0.247. The molecule has 2 rings (SSSR count). The van der Waals surface area contributed by atoms with Crippen molar-refractivity contribution in [2.45, 2.75) is 6.61 Å². The maximum atomic E-state index is 12.0. The van der Waals surface area contributed by atoms with Crippen molar-refractivity contribution in [1.29, 1.82) is 0 Å². The zero-order valence-electron chi connectivity index (χ0n) is 11.8. The van der Waals surface area contributed by atoms with Crippen molar-refractivity contribution < 1.29 is 14.3 Å². The first-order valence-corrected chi connectivity index (χ1v) is 6.46. The number of H-pyrrole nitrogens is 1. The van der Waals surface area contributed by atoms with Gasteiger partial charge in [-0.3, -0.25) is 9.89 Å². The number of nitrogens with zero attached hydrogens (tertiary/aromatic N) is 1. The van der Waals surface area contributed by atoms with Gasteiger partial charge in [-0.15, -0.1) is 0 Å². The van der Waals surface area contributed by atoms with Gasteiger partial charge in [0, 0.05) is 12.8 Å². The van der Waals surface area contributed by atoms with E-state index < -0.39 is 0 Å². The standard InChI is InChI=1S/C14H18N4O3/c1-20-5-6-21-9-10-3-2-4-11(7-10)17-14(19)13-12(15)8-16-18-13/h2-4,7-8H,5-6,9,15H2,1H3,(H,16,18)(H,17,19). The van der Waals surface area contributed by atoms with E-state index >= 15 is 0 Å². The number of hydrogen-bond donors (Lipinski definition) is 3. The third-order valence-electron chi connectivity index (χ3n) is 2.78. The zero-order valence-corrected chi connectivity index (χ0v) is 11.8. The van der Waals surface area contributed by atoms with Crippen LogP contribution in [-0.2, 0) is 16.1 Å². The average molecular weight is 290 g/mol. The highest BCUT2D eigenvalue weighted by atomic mass is 16.5. The van der Waals surface area contributed by atoms with Crippen LogP contribution in [0.2, 0.25) is 0 Å². The number of methoxy groups -OCH3 is 1. The van der Waals surface area contributed by atoms with Crippen LogP contribution in [0.5, 0.6) is 0 Å². The van der Waals surface area contributed by atoms with Gasteiger partial charge >= 0.3 is 0 Å². The third kappa shape index (κ3) is 4.30. The van der Waals surface area contributed by atoms with E-state index in [-0.39, 0.29) is 11.6 Å². The van der Waals surface area contributed by atoms with Gasteiger partial charge in [0.25, 0.3) is 5.91 Å². The summed E-state index contributed by atoms with van der Waals surface area (Å²) in [7, 11) is 1.63. The molecule has 2 aromatic rings. The van der Waals surface area contributed by atoms with E-state index in [2.05, 4.69) is 15.5 Å². The van der Waals surface area contributed by atoms with Gasteiger partial charge in [-0.05, 0) is 17.7 Å². The van der Waals surface area contributed by atoms with Crippen LogP contribution in [0.15, 0.2) is 30.5 Å². The first-order valence-electron chi connectivity index (χ1n) is 6.46. The molecule has 21 heavy (non-hydrogen) atoms. The lowest BCUT2D eigenvalue weighted by atomic mass is 10.2. The summed E-state index contributed by atoms with van der Waals surface area (Å²) in [5.74, 6) is -0.331. The highest BCUT2D eigenvalue weighted by Crippen LogP contribution is 2.14. The van der Waals surface area contributed by atoms with Gasteiger partial charge < -0.3 is 20.5 Å². The third-order valence-corrected chi connectivity index (χ3v) is 2.78. The molecule has 0 aliphatic carbocycles. The molecule has 0 spiro atoms. The Bertz CT molecular complexity index is 597. The van der Waals surface area contributed by atoms with Crippen molar-refractivity contribution in [2.24, 2.45) is 0 Å². The molecule has 1 aromatic carbocycles. The number of carbonyl (C=O) groups is 1. The number of rotatable bonds is 7. The number of aromatic amines is 1. The summed E-state index contributed by atoms with van der Waals surface area (Å²) >= 11 is 0. The summed E-state index contributed by atoms with van der Waals surface area (Å²) in [6, 6.07) is 7.41. The molecule has 112 valence electrons. The molecule has 0 saturated heterocycles. The van der Waals surface area contributed by atoms with E-state index in [0.29, 0.717) is 31.2 Å². The number of nitrogens with one attached hydrogen (secondary N) is 2. The number of ether oxygens (including phenoxy) is 2. The fourth-order valence-electron chi connectivity index (χ4n) is 1.74. The zero-order chi connectivity index (χ0) is 15.1. The van der Waals surface area contributed by atoms with Crippen molar-refractivity contribution in [3.05, 3.63) is 41.7 Å². The summed E-state index contributed by atoms with van der Waals surface area (Å²) in [4.78, 5) is 12.0. The number of nitrogen functional groups attached to an aromatic ring is 1. The average Bonchev–Trinajstić information content (AvgIpc) is 2.90. The fourth-order valence-corrected chi connectivity index (χ4v) is 1.74. The number of aromatic nitrogens is 2. The predicted octanol–water partition coefficient (Wildman–Crippen LogP) is 1.41. The van der Waals surface area contributed by atoms with Crippen molar-refractivity contribution >= 4 is 17.3 Å². The molecule has 0 aliphatic heterocycles. The van der Waals surface area contributed by atoms with Gasteiger partial charge in [0.1, 0.15) is 5.69 Å². The monoisotopic (exact) mass is 290 g/mol. The number of anilines is 2. The lowest BCUT2D eigenvalue weighted by molar-refractivity contribution is 0.0617. The molecule has 7 heteroatoms. The number of hydrogen-bond acceptors (Lipinski definition) is 5. The van der Waals surface area contributed by atoms with Gasteiger partial charge in [-0.2, -0.15) is 5.10 Å². The summed E-state index contributed by atoms with van der Waals surface area (Å²) in [6.45, 7) is 1.53. The Labute approximate surface area is 122 Å².